The number of carbonyl (C=O) groups excluding carboxylic acids is 1. The van der Waals surface area contributed by atoms with Crippen LogP contribution in [0.25, 0.3) is 0 Å². The Labute approximate surface area is 70.3 Å². The highest BCUT2D eigenvalue weighted by Gasteiger charge is 2.49. The van der Waals surface area contributed by atoms with E-state index in [0.717, 1.165) is 12.8 Å². The van der Waals surface area contributed by atoms with Crippen molar-refractivity contribution in [2.45, 2.75) is 25.0 Å². The Hall–Kier alpha value is -0.990. The van der Waals surface area contributed by atoms with Gasteiger partial charge in [-0.25, -0.2) is 4.79 Å². The van der Waals surface area contributed by atoms with Crippen molar-refractivity contribution >= 4 is 6.16 Å². The van der Waals surface area contributed by atoms with Crippen LogP contribution in [0.5, 0.6) is 0 Å². The van der Waals surface area contributed by atoms with E-state index in [9.17, 15) is 4.79 Å². The lowest BCUT2D eigenvalue weighted by Crippen LogP contribution is -2.42. The maximum Gasteiger partial charge on any atom is 0.509 e. The van der Waals surface area contributed by atoms with Crippen LogP contribution in [-0.4, -0.2) is 18.4 Å². The SMILES string of the molecule is O=C1O[C@H]2[C@H](O1)[C@@H]1C=C[C@@H]2CC1. The molecular formula is C9H10O3. The van der Waals surface area contributed by atoms with Crippen molar-refractivity contribution < 1.29 is 14.3 Å². The van der Waals surface area contributed by atoms with E-state index >= 15 is 0 Å². The first-order chi connectivity index (χ1) is 5.84. The molecule has 1 saturated carbocycles. The van der Waals surface area contributed by atoms with Crippen LogP contribution in [0.1, 0.15) is 12.8 Å². The van der Waals surface area contributed by atoms with Gasteiger partial charge >= 0.3 is 6.16 Å². The van der Waals surface area contributed by atoms with Gasteiger partial charge in [-0.1, -0.05) is 12.2 Å². The molecule has 0 spiro atoms. The molecule has 0 radical (unpaired) electrons. The molecule has 3 nitrogen and oxygen atoms in total. The average Bonchev–Trinajstić information content (AvgIpc) is 2.49. The highest BCUT2D eigenvalue weighted by Crippen LogP contribution is 2.42. The zero-order valence-corrected chi connectivity index (χ0v) is 6.60. The molecule has 0 N–H and O–H groups in total. The number of hydrogen-bond donors (Lipinski definition) is 0. The Morgan fingerprint density at radius 2 is 1.58 bits per heavy atom. The van der Waals surface area contributed by atoms with E-state index in [2.05, 4.69) is 12.2 Å². The van der Waals surface area contributed by atoms with Crippen LogP contribution < -0.4 is 0 Å². The Morgan fingerprint density at radius 1 is 1.08 bits per heavy atom. The normalized spacial score (nSPS) is 48.5. The maximum atomic E-state index is 10.9. The average molecular weight is 166 g/mol. The first-order valence-electron chi connectivity index (χ1n) is 4.40. The molecule has 3 heteroatoms. The second-order valence-electron chi connectivity index (χ2n) is 3.70. The summed E-state index contributed by atoms with van der Waals surface area (Å²) >= 11 is 0. The lowest BCUT2D eigenvalue weighted by Gasteiger charge is -2.37. The molecule has 0 aromatic carbocycles. The van der Waals surface area contributed by atoms with Gasteiger partial charge in [0.25, 0.3) is 0 Å². The second-order valence-corrected chi connectivity index (χ2v) is 3.70. The van der Waals surface area contributed by atoms with Gasteiger partial charge in [0, 0.05) is 11.8 Å². The van der Waals surface area contributed by atoms with E-state index in [1.54, 1.807) is 0 Å². The summed E-state index contributed by atoms with van der Waals surface area (Å²) in [7, 11) is 0. The predicted molar refractivity (Wildman–Crippen MR) is 40.5 cm³/mol. The lowest BCUT2D eigenvalue weighted by molar-refractivity contribution is 0.0383. The Bertz CT molecular complexity index is 234. The lowest BCUT2D eigenvalue weighted by atomic mass is 9.72. The van der Waals surface area contributed by atoms with Gasteiger partial charge in [0.2, 0.25) is 0 Å². The van der Waals surface area contributed by atoms with E-state index < -0.39 is 6.16 Å². The van der Waals surface area contributed by atoms with Gasteiger partial charge < -0.3 is 9.47 Å². The molecule has 12 heavy (non-hydrogen) atoms. The molecular weight excluding hydrogens is 156 g/mol. The van der Waals surface area contributed by atoms with Crippen LogP contribution in [-0.2, 0) is 9.47 Å². The van der Waals surface area contributed by atoms with Crippen molar-refractivity contribution in [2.75, 3.05) is 0 Å². The molecule has 1 aliphatic heterocycles. The molecule has 3 aliphatic carbocycles. The molecule has 1 saturated heterocycles. The molecule has 0 unspecified atom stereocenters. The van der Waals surface area contributed by atoms with Crippen LogP contribution in [0.3, 0.4) is 0 Å². The fourth-order valence-electron chi connectivity index (χ4n) is 2.46. The third-order valence-electron chi connectivity index (χ3n) is 3.07. The van der Waals surface area contributed by atoms with Gasteiger partial charge in [-0.05, 0) is 12.8 Å². The summed E-state index contributed by atoms with van der Waals surface area (Å²) in [6.07, 6.45) is 6.15. The zero-order chi connectivity index (χ0) is 8.13. The van der Waals surface area contributed by atoms with Crippen LogP contribution >= 0.6 is 0 Å². The first-order valence-corrected chi connectivity index (χ1v) is 4.40. The van der Waals surface area contributed by atoms with Crippen LogP contribution in [0.2, 0.25) is 0 Å². The van der Waals surface area contributed by atoms with E-state index in [1.165, 1.54) is 0 Å². The summed E-state index contributed by atoms with van der Waals surface area (Å²) in [5, 5.41) is 0. The molecule has 64 valence electrons. The van der Waals surface area contributed by atoms with Crippen molar-refractivity contribution in [3.05, 3.63) is 12.2 Å². The van der Waals surface area contributed by atoms with E-state index in [1.807, 2.05) is 0 Å². The third kappa shape index (κ3) is 0.687. The number of hydrogen-bond acceptors (Lipinski definition) is 3. The molecule has 1 heterocycles. The van der Waals surface area contributed by atoms with Gasteiger partial charge in [0.15, 0.2) is 0 Å². The highest BCUT2D eigenvalue weighted by atomic mass is 16.8. The summed E-state index contributed by atoms with van der Waals surface area (Å²) in [5.41, 5.74) is 0. The Kier molecular flexibility index (Phi) is 1.10. The number of carbonyl (C=O) groups is 1. The Balaban J connectivity index is 1.97. The fourth-order valence-corrected chi connectivity index (χ4v) is 2.46. The highest BCUT2D eigenvalue weighted by molar-refractivity contribution is 5.63. The fraction of sp³-hybridized carbons (Fsp3) is 0.667. The molecule has 2 fully saturated rings. The van der Waals surface area contributed by atoms with Crippen molar-refractivity contribution in [2.24, 2.45) is 11.8 Å². The van der Waals surface area contributed by atoms with Crippen molar-refractivity contribution in [1.29, 1.82) is 0 Å². The monoisotopic (exact) mass is 166 g/mol. The first kappa shape index (κ1) is 6.52. The number of fused-ring (bicyclic) bond motifs is 1. The van der Waals surface area contributed by atoms with Crippen molar-refractivity contribution in [3.8, 4) is 0 Å². The summed E-state index contributed by atoms with van der Waals surface area (Å²) in [4.78, 5) is 10.9. The smallest absolute Gasteiger partial charge is 0.426 e. The minimum atomic E-state index is -0.481. The Morgan fingerprint density at radius 3 is 2.00 bits per heavy atom. The quantitative estimate of drug-likeness (QED) is 0.404. The number of rotatable bonds is 0. The minimum absolute atomic E-state index is 0.0150. The summed E-state index contributed by atoms with van der Waals surface area (Å²) < 4.78 is 10.2. The largest absolute Gasteiger partial charge is 0.509 e. The van der Waals surface area contributed by atoms with Gasteiger partial charge in [-0.15, -0.1) is 0 Å². The predicted octanol–water partition coefficient (Wildman–Crippen LogP) is 1.49. The topological polar surface area (TPSA) is 35.5 Å². The van der Waals surface area contributed by atoms with Crippen LogP contribution in [0.4, 0.5) is 4.79 Å². The summed E-state index contributed by atoms with van der Waals surface area (Å²) in [6.45, 7) is 0. The number of ether oxygens (including phenoxy) is 2. The molecule has 4 atom stereocenters. The molecule has 0 aromatic heterocycles. The molecule has 0 amide bonds. The minimum Gasteiger partial charge on any atom is -0.426 e. The van der Waals surface area contributed by atoms with Crippen molar-refractivity contribution in [1.82, 2.24) is 0 Å². The molecule has 2 bridgehead atoms. The molecule has 4 rings (SSSR count). The van der Waals surface area contributed by atoms with Gasteiger partial charge in [-0.2, -0.15) is 0 Å². The van der Waals surface area contributed by atoms with Crippen LogP contribution in [0.15, 0.2) is 12.2 Å². The summed E-state index contributed by atoms with van der Waals surface area (Å²) in [5.74, 6) is 0.817. The van der Waals surface area contributed by atoms with Crippen molar-refractivity contribution in [3.63, 3.8) is 0 Å². The zero-order valence-electron chi connectivity index (χ0n) is 6.60. The maximum absolute atomic E-state index is 10.9. The van der Waals surface area contributed by atoms with Gasteiger partial charge in [0.1, 0.15) is 12.2 Å². The molecule has 0 aromatic rings. The van der Waals surface area contributed by atoms with Gasteiger partial charge in [-0.3, -0.25) is 0 Å². The van der Waals surface area contributed by atoms with E-state index in [4.69, 9.17) is 9.47 Å². The van der Waals surface area contributed by atoms with Crippen LogP contribution in [0, 0.1) is 11.8 Å². The van der Waals surface area contributed by atoms with E-state index in [0.29, 0.717) is 11.8 Å². The summed E-state index contributed by atoms with van der Waals surface area (Å²) in [6, 6.07) is 0. The second kappa shape index (κ2) is 2.03. The van der Waals surface area contributed by atoms with Gasteiger partial charge in [0.05, 0.1) is 0 Å². The standard InChI is InChI=1S/C9H10O3/c10-9-11-7-5-1-2-6(4-3-5)8(7)12-9/h1-2,5-8H,3-4H2/t5-,6-,7-,8-/m1/s1. The third-order valence-corrected chi connectivity index (χ3v) is 3.07. The molecule has 4 aliphatic rings. The van der Waals surface area contributed by atoms with E-state index in [-0.39, 0.29) is 12.2 Å².